The molecule has 46 valence electrons. The highest BCUT2D eigenvalue weighted by molar-refractivity contribution is 4.82. The summed E-state index contributed by atoms with van der Waals surface area (Å²) in [4.78, 5) is 0. The lowest BCUT2D eigenvalue weighted by Crippen LogP contribution is -2.12. The Hall–Kier alpha value is -0.0800. The van der Waals surface area contributed by atoms with E-state index in [1.54, 1.807) is 0 Å². The van der Waals surface area contributed by atoms with Gasteiger partial charge in [-0.2, -0.15) is 0 Å². The van der Waals surface area contributed by atoms with Gasteiger partial charge in [0.1, 0.15) is 6.10 Å². The van der Waals surface area contributed by atoms with Crippen LogP contribution in [0.3, 0.4) is 0 Å². The van der Waals surface area contributed by atoms with Crippen LogP contribution in [0.15, 0.2) is 0 Å². The average molecular weight is 114 g/mol. The second-order valence-corrected chi connectivity index (χ2v) is 2.42. The molecule has 0 bridgehead atoms. The van der Waals surface area contributed by atoms with Crippen LogP contribution in [0.1, 0.15) is 12.8 Å². The Bertz CT molecular complexity index is 82.5. The van der Waals surface area contributed by atoms with Crippen LogP contribution in [0, 0.1) is 0 Å². The first-order valence-corrected chi connectivity index (χ1v) is 3.20. The van der Waals surface area contributed by atoms with Gasteiger partial charge in [0.15, 0.2) is 0 Å². The molecule has 2 aliphatic rings. The fourth-order valence-corrected chi connectivity index (χ4v) is 1.17. The maximum Gasteiger partial charge on any atom is 0.107 e. The lowest BCUT2D eigenvalue weighted by molar-refractivity contribution is 0.0858. The molecule has 0 aromatic carbocycles. The summed E-state index contributed by atoms with van der Waals surface area (Å²) in [7, 11) is 0. The zero-order valence-electron chi connectivity index (χ0n) is 4.80. The molecule has 2 heterocycles. The molecule has 2 heteroatoms. The van der Waals surface area contributed by atoms with Gasteiger partial charge in [-0.25, -0.2) is 0 Å². The van der Waals surface area contributed by atoms with E-state index < -0.39 is 0 Å². The van der Waals surface area contributed by atoms with Crippen LogP contribution < -0.4 is 0 Å². The van der Waals surface area contributed by atoms with E-state index in [1.807, 2.05) is 0 Å². The van der Waals surface area contributed by atoms with Gasteiger partial charge in [-0.3, -0.25) is 0 Å². The van der Waals surface area contributed by atoms with Gasteiger partial charge >= 0.3 is 0 Å². The first kappa shape index (κ1) is 4.77. The summed E-state index contributed by atoms with van der Waals surface area (Å²) in [6.07, 6.45) is 3.36. The summed E-state index contributed by atoms with van der Waals surface area (Å²) >= 11 is 0. The van der Waals surface area contributed by atoms with Gasteiger partial charge in [-0.15, -0.1) is 0 Å². The van der Waals surface area contributed by atoms with Crippen molar-refractivity contribution in [2.24, 2.45) is 0 Å². The maximum absolute atomic E-state index is 5.35. The third-order valence-corrected chi connectivity index (χ3v) is 1.74. The summed E-state index contributed by atoms with van der Waals surface area (Å²) in [5.41, 5.74) is 0. The molecule has 0 radical (unpaired) electrons. The van der Waals surface area contributed by atoms with E-state index in [4.69, 9.17) is 9.47 Å². The molecule has 2 saturated heterocycles. The summed E-state index contributed by atoms with van der Waals surface area (Å²) < 4.78 is 10.4. The Balaban J connectivity index is 1.86. The quantitative estimate of drug-likeness (QED) is 0.465. The summed E-state index contributed by atoms with van der Waals surface area (Å²) in [6.45, 7) is 1.88. The topological polar surface area (TPSA) is 21.8 Å². The fourth-order valence-electron chi connectivity index (χ4n) is 1.17. The van der Waals surface area contributed by atoms with Gasteiger partial charge in [0.05, 0.1) is 12.7 Å². The van der Waals surface area contributed by atoms with Crippen LogP contribution in [0.25, 0.3) is 0 Å². The summed E-state index contributed by atoms with van der Waals surface area (Å²) in [5, 5.41) is 0. The molecular weight excluding hydrogens is 104 g/mol. The largest absolute Gasteiger partial charge is 0.375 e. The highest BCUT2D eigenvalue weighted by atomic mass is 16.6. The van der Waals surface area contributed by atoms with E-state index in [0.29, 0.717) is 12.2 Å². The smallest absolute Gasteiger partial charge is 0.107 e. The number of hydrogen-bond acceptors (Lipinski definition) is 2. The second-order valence-electron chi connectivity index (χ2n) is 2.42. The molecule has 0 aliphatic carbocycles. The molecule has 2 nitrogen and oxygen atoms in total. The molecule has 2 aliphatic heterocycles. The molecule has 0 aromatic heterocycles. The van der Waals surface area contributed by atoms with Gasteiger partial charge in [0.2, 0.25) is 0 Å². The van der Waals surface area contributed by atoms with Gasteiger partial charge in [-0.1, -0.05) is 0 Å². The van der Waals surface area contributed by atoms with Crippen LogP contribution in [-0.2, 0) is 9.47 Å². The van der Waals surface area contributed by atoms with Crippen LogP contribution >= 0.6 is 0 Å². The van der Waals surface area contributed by atoms with Crippen LogP contribution in [-0.4, -0.2) is 25.4 Å². The average Bonchev–Trinajstić information content (AvgIpc) is 2.49. The minimum Gasteiger partial charge on any atom is -0.375 e. The van der Waals surface area contributed by atoms with Crippen molar-refractivity contribution in [2.45, 2.75) is 25.0 Å². The highest BCUT2D eigenvalue weighted by Crippen LogP contribution is 2.24. The molecule has 1 unspecified atom stereocenters. The van der Waals surface area contributed by atoms with Crippen LogP contribution in [0.4, 0.5) is 0 Å². The Morgan fingerprint density at radius 1 is 1.12 bits per heavy atom. The van der Waals surface area contributed by atoms with Crippen molar-refractivity contribution < 1.29 is 9.47 Å². The van der Waals surface area contributed by atoms with E-state index in [2.05, 4.69) is 0 Å². The minimum atomic E-state index is 0.454. The summed E-state index contributed by atoms with van der Waals surface area (Å²) in [5.74, 6) is 0. The van der Waals surface area contributed by atoms with Crippen molar-refractivity contribution in [3.8, 4) is 0 Å². The molecule has 2 atom stereocenters. The first-order chi connectivity index (χ1) is 3.97. The number of hydrogen-bond donors (Lipinski definition) is 0. The second kappa shape index (κ2) is 1.71. The van der Waals surface area contributed by atoms with Gasteiger partial charge in [0.25, 0.3) is 0 Å². The molecule has 0 spiro atoms. The molecule has 0 aromatic rings. The third-order valence-electron chi connectivity index (χ3n) is 1.74. The van der Waals surface area contributed by atoms with E-state index in [9.17, 15) is 0 Å². The Morgan fingerprint density at radius 2 is 2.00 bits per heavy atom. The molecule has 0 amide bonds. The highest BCUT2D eigenvalue weighted by Gasteiger charge is 2.35. The zero-order chi connectivity index (χ0) is 5.40. The van der Waals surface area contributed by atoms with E-state index in [-0.39, 0.29) is 0 Å². The van der Waals surface area contributed by atoms with E-state index >= 15 is 0 Å². The number of epoxide rings is 1. The van der Waals surface area contributed by atoms with Crippen molar-refractivity contribution >= 4 is 0 Å². The van der Waals surface area contributed by atoms with Crippen molar-refractivity contribution in [1.82, 2.24) is 0 Å². The molecule has 2 rings (SSSR count). The normalized spacial score (nSPS) is 45.0. The Labute approximate surface area is 48.8 Å². The minimum absolute atomic E-state index is 0.454. The lowest BCUT2D eigenvalue weighted by Gasteiger charge is -2.01. The van der Waals surface area contributed by atoms with Crippen LogP contribution in [0.2, 0.25) is 0 Å². The first-order valence-electron chi connectivity index (χ1n) is 3.20. The fraction of sp³-hybridized carbons (Fsp3) is 1.00. The van der Waals surface area contributed by atoms with Crippen LogP contribution in [0.5, 0.6) is 0 Å². The molecule has 2 fully saturated rings. The predicted octanol–water partition coefficient (Wildman–Crippen LogP) is 0.564. The van der Waals surface area contributed by atoms with Crippen molar-refractivity contribution in [1.29, 1.82) is 0 Å². The standard InChI is InChI=1S/C6H10O2/c1-2-5(7-3-1)6-4-8-6/h5-6H,1-4H2/t5?,6-/m0/s1. The number of rotatable bonds is 1. The Kier molecular flexibility index (Phi) is 1.02. The lowest BCUT2D eigenvalue weighted by atomic mass is 10.2. The van der Waals surface area contributed by atoms with Crippen molar-refractivity contribution in [3.63, 3.8) is 0 Å². The van der Waals surface area contributed by atoms with Gasteiger partial charge in [-0.05, 0) is 12.8 Å². The number of ether oxygens (including phenoxy) is 2. The zero-order valence-corrected chi connectivity index (χ0v) is 4.80. The Morgan fingerprint density at radius 3 is 2.50 bits per heavy atom. The predicted molar refractivity (Wildman–Crippen MR) is 28.7 cm³/mol. The van der Waals surface area contributed by atoms with Crippen molar-refractivity contribution in [2.75, 3.05) is 13.2 Å². The summed E-state index contributed by atoms with van der Waals surface area (Å²) in [6, 6.07) is 0. The third kappa shape index (κ3) is 0.740. The molecular formula is C6H10O2. The van der Waals surface area contributed by atoms with Crippen molar-refractivity contribution in [3.05, 3.63) is 0 Å². The maximum atomic E-state index is 5.35. The van der Waals surface area contributed by atoms with E-state index in [0.717, 1.165) is 13.2 Å². The SMILES string of the molecule is C1COC([C@@H]2CO2)C1. The molecule has 0 saturated carbocycles. The van der Waals surface area contributed by atoms with Gasteiger partial charge in [0, 0.05) is 6.61 Å². The molecule has 8 heavy (non-hydrogen) atoms. The van der Waals surface area contributed by atoms with E-state index in [1.165, 1.54) is 12.8 Å². The monoisotopic (exact) mass is 114 g/mol. The molecule has 0 N–H and O–H groups in total. The van der Waals surface area contributed by atoms with Gasteiger partial charge < -0.3 is 9.47 Å².